The normalized spacial score (nSPS) is 16.2. The summed E-state index contributed by atoms with van der Waals surface area (Å²) in [5.41, 5.74) is 4.69. The summed E-state index contributed by atoms with van der Waals surface area (Å²) in [6.45, 7) is 6.83. The van der Waals surface area contributed by atoms with E-state index in [1.54, 1.807) is 5.38 Å². The summed E-state index contributed by atoms with van der Waals surface area (Å²) in [5.74, 6) is 0.831. The molecule has 0 radical (unpaired) electrons. The minimum absolute atomic E-state index is 0.190. The Balaban J connectivity index is 1.33. The van der Waals surface area contributed by atoms with Crippen LogP contribution >= 0.6 is 11.3 Å². The second-order valence-corrected chi connectivity index (χ2v) is 9.48. The van der Waals surface area contributed by atoms with E-state index in [4.69, 9.17) is 10.2 Å². The van der Waals surface area contributed by atoms with Crippen molar-refractivity contribution in [1.29, 1.82) is 5.26 Å². The number of anilines is 2. The maximum Gasteiger partial charge on any atom is 0.270 e. The largest absolute Gasteiger partial charge is 0.350 e. The first kappa shape index (κ1) is 23.9. The number of amides is 1. The maximum atomic E-state index is 12.6. The van der Waals surface area contributed by atoms with Gasteiger partial charge in [0.2, 0.25) is 0 Å². The number of hydrogen-bond acceptors (Lipinski definition) is 8. The van der Waals surface area contributed by atoms with E-state index >= 15 is 0 Å². The lowest BCUT2D eigenvalue weighted by Gasteiger charge is -2.30. The van der Waals surface area contributed by atoms with Crippen molar-refractivity contribution in [2.75, 3.05) is 31.5 Å². The molecule has 1 unspecified atom stereocenters. The average molecular weight is 479 g/mol. The molecule has 10 heteroatoms. The smallest absolute Gasteiger partial charge is 0.270 e. The predicted molar refractivity (Wildman–Crippen MR) is 132 cm³/mol. The minimum atomic E-state index is -0.190. The van der Waals surface area contributed by atoms with Gasteiger partial charge in [-0.05, 0) is 57.4 Å². The third kappa shape index (κ3) is 5.61. The van der Waals surface area contributed by atoms with Crippen LogP contribution in [0.5, 0.6) is 0 Å². The van der Waals surface area contributed by atoms with E-state index in [0.717, 1.165) is 49.4 Å². The van der Waals surface area contributed by atoms with E-state index in [1.165, 1.54) is 16.9 Å². The lowest BCUT2D eigenvalue weighted by Crippen LogP contribution is -2.34. The van der Waals surface area contributed by atoms with Crippen LogP contribution in [0.4, 0.5) is 10.9 Å². The third-order valence-corrected chi connectivity index (χ3v) is 7.04. The Morgan fingerprint density at radius 2 is 2.18 bits per heavy atom. The van der Waals surface area contributed by atoms with Crippen LogP contribution in [0.25, 0.3) is 0 Å². The van der Waals surface area contributed by atoms with Crippen LogP contribution in [0.3, 0.4) is 0 Å². The third-order valence-electron chi connectivity index (χ3n) is 6.28. The molecule has 4 rings (SSSR count). The lowest BCUT2D eigenvalue weighted by molar-refractivity contribution is 0.0950. The number of hydrogen-bond donors (Lipinski definition) is 2. The highest BCUT2D eigenvalue weighted by molar-refractivity contribution is 7.14. The Bertz CT molecular complexity index is 1190. The molecule has 0 bridgehead atoms. The number of carbonyl (C=O) groups is 1. The molecule has 1 fully saturated rings. The molecule has 4 heterocycles. The molecule has 0 spiro atoms. The van der Waals surface area contributed by atoms with Crippen LogP contribution in [-0.4, -0.2) is 56.7 Å². The number of thiazole rings is 1. The van der Waals surface area contributed by atoms with Gasteiger partial charge in [-0.15, -0.1) is 11.3 Å². The molecule has 1 aliphatic heterocycles. The van der Waals surface area contributed by atoms with E-state index in [0.29, 0.717) is 35.7 Å². The zero-order valence-corrected chi connectivity index (χ0v) is 20.7. The van der Waals surface area contributed by atoms with E-state index in [-0.39, 0.29) is 5.91 Å². The molecule has 0 saturated carbocycles. The van der Waals surface area contributed by atoms with Crippen LogP contribution in [0.15, 0.2) is 23.6 Å². The fraction of sp³-hybridized carbons (Fsp3) is 0.458. The Morgan fingerprint density at radius 3 is 2.94 bits per heavy atom. The first-order valence-electron chi connectivity index (χ1n) is 11.5. The van der Waals surface area contributed by atoms with Gasteiger partial charge in [0.25, 0.3) is 5.91 Å². The number of carbonyl (C=O) groups excluding carboxylic acids is 1. The summed E-state index contributed by atoms with van der Waals surface area (Å²) in [7, 11) is 1.93. The summed E-state index contributed by atoms with van der Waals surface area (Å²) in [5, 5.41) is 22.0. The molecule has 1 atom stereocenters. The molecule has 3 aromatic rings. The first-order valence-corrected chi connectivity index (χ1v) is 12.4. The van der Waals surface area contributed by atoms with Gasteiger partial charge in [-0.2, -0.15) is 10.4 Å². The van der Waals surface area contributed by atoms with Gasteiger partial charge >= 0.3 is 0 Å². The van der Waals surface area contributed by atoms with Gasteiger partial charge in [-0.1, -0.05) is 6.07 Å². The number of rotatable bonds is 8. The number of aryl methyl sites for hydroxylation is 2. The summed E-state index contributed by atoms with van der Waals surface area (Å²) >= 11 is 1.38. The molecule has 1 aliphatic rings. The van der Waals surface area contributed by atoms with Gasteiger partial charge in [0.1, 0.15) is 11.5 Å². The topological polar surface area (TPSA) is 112 Å². The highest BCUT2D eigenvalue weighted by Crippen LogP contribution is 2.27. The van der Waals surface area contributed by atoms with Gasteiger partial charge in [0.05, 0.1) is 18.3 Å². The Hall–Kier alpha value is -3.29. The zero-order valence-electron chi connectivity index (χ0n) is 19.8. The molecular weight excluding hydrogens is 448 g/mol. The van der Waals surface area contributed by atoms with Crippen LogP contribution < -0.4 is 10.6 Å². The van der Waals surface area contributed by atoms with Crippen molar-refractivity contribution in [2.45, 2.75) is 39.0 Å². The standard InChI is InChI=1S/C24H30N8OS/c1-16-19(17(2)31(3)30-16)9-11-26-23(33)21-15-34-24(28-21)29-22-8-4-7-20(27-22)18-6-5-12-32(14-18)13-10-25/h4,7-8,15,18H,5-6,9,11-14H2,1-3H3,(H,26,33)(H,27,28,29). The van der Waals surface area contributed by atoms with Crippen LogP contribution in [0.2, 0.25) is 0 Å². The van der Waals surface area contributed by atoms with E-state index in [2.05, 4.69) is 31.7 Å². The van der Waals surface area contributed by atoms with Crippen LogP contribution in [0.1, 0.15) is 51.9 Å². The number of likely N-dealkylation sites (tertiary alicyclic amines) is 1. The van der Waals surface area contributed by atoms with Crippen molar-refractivity contribution < 1.29 is 4.79 Å². The number of nitrogens with one attached hydrogen (secondary N) is 2. The monoisotopic (exact) mass is 478 g/mol. The van der Waals surface area contributed by atoms with E-state index in [9.17, 15) is 4.79 Å². The van der Waals surface area contributed by atoms with Crippen molar-refractivity contribution in [3.8, 4) is 6.07 Å². The Labute approximate surface area is 203 Å². The van der Waals surface area contributed by atoms with Crippen molar-refractivity contribution in [2.24, 2.45) is 7.05 Å². The number of aromatic nitrogens is 4. The van der Waals surface area contributed by atoms with Gasteiger partial charge in [-0.3, -0.25) is 14.4 Å². The Kier molecular flexibility index (Phi) is 7.55. The molecule has 9 nitrogen and oxygen atoms in total. The molecule has 178 valence electrons. The predicted octanol–water partition coefficient (Wildman–Crippen LogP) is 3.31. The molecule has 0 aliphatic carbocycles. The second kappa shape index (κ2) is 10.8. The molecule has 1 amide bonds. The van der Waals surface area contributed by atoms with Gasteiger partial charge in [0, 0.05) is 42.8 Å². The highest BCUT2D eigenvalue weighted by Gasteiger charge is 2.22. The van der Waals surface area contributed by atoms with E-state index < -0.39 is 0 Å². The van der Waals surface area contributed by atoms with E-state index in [1.807, 2.05) is 43.8 Å². The van der Waals surface area contributed by atoms with Gasteiger partial charge < -0.3 is 10.6 Å². The zero-order chi connectivity index (χ0) is 24.1. The van der Waals surface area contributed by atoms with Crippen molar-refractivity contribution in [1.82, 2.24) is 30.0 Å². The molecule has 0 aromatic carbocycles. The van der Waals surface area contributed by atoms with Crippen LogP contribution in [-0.2, 0) is 13.5 Å². The molecule has 1 saturated heterocycles. The highest BCUT2D eigenvalue weighted by atomic mass is 32.1. The Morgan fingerprint density at radius 1 is 1.32 bits per heavy atom. The summed E-state index contributed by atoms with van der Waals surface area (Å²) < 4.78 is 1.87. The number of nitriles is 1. The average Bonchev–Trinajstić information content (AvgIpc) is 3.39. The molecule has 34 heavy (non-hydrogen) atoms. The summed E-state index contributed by atoms with van der Waals surface area (Å²) in [4.78, 5) is 24.0. The summed E-state index contributed by atoms with van der Waals surface area (Å²) in [6.07, 6.45) is 2.87. The number of nitrogens with zero attached hydrogens (tertiary/aromatic N) is 6. The maximum absolute atomic E-state index is 12.6. The second-order valence-electron chi connectivity index (χ2n) is 8.62. The molecular formula is C24H30N8OS. The van der Waals surface area contributed by atoms with Crippen molar-refractivity contribution >= 4 is 28.2 Å². The van der Waals surface area contributed by atoms with Gasteiger partial charge in [0.15, 0.2) is 5.13 Å². The number of piperidine rings is 1. The minimum Gasteiger partial charge on any atom is -0.350 e. The van der Waals surface area contributed by atoms with Crippen molar-refractivity contribution in [3.05, 3.63) is 51.9 Å². The lowest BCUT2D eigenvalue weighted by atomic mass is 9.94. The van der Waals surface area contributed by atoms with Crippen molar-refractivity contribution in [3.63, 3.8) is 0 Å². The fourth-order valence-corrected chi connectivity index (χ4v) is 5.10. The quantitative estimate of drug-likeness (QED) is 0.478. The summed E-state index contributed by atoms with van der Waals surface area (Å²) in [6, 6.07) is 8.17. The SMILES string of the molecule is Cc1nn(C)c(C)c1CCNC(=O)c1csc(Nc2cccc(C3CCCN(CC#N)C3)n2)n1. The molecule has 2 N–H and O–H groups in total. The molecule has 3 aromatic heterocycles. The fourth-order valence-electron chi connectivity index (χ4n) is 4.40. The first-order chi connectivity index (χ1) is 16.4. The van der Waals surface area contributed by atoms with Crippen LogP contribution in [0, 0.1) is 25.2 Å². The van der Waals surface area contributed by atoms with Gasteiger partial charge in [-0.25, -0.2) is 9.97 Å². The number of pyridine rings is 1.